The van der Waals surface area contributed by atoms with E-state index in [1.165, 1.54) is 0 Å². The molecule has 0 bridgehead atoms. The summed E-state index contributed by atoms with van der Waals surface area (Å²) < 4.78 is 0. The fourth-order valence-corrected chi connectivity index (χ4v) is 0.250. The SMILES string of the molecule is C=CC(N)=O.CCNCC. The van der Waals surface area contributed by atoms with Gasteiger partial charge in [-0.15, -0.1) is 0 Å². The molecule has 0 atom stereocenters. The minimum atomic E-state index is -0.481. The third kappa shape index (κ3) is 27.2. The Balaban J connectivity index is 0. The number of hydrogen-bond donors (Lipinski definition) is 2. The van der Waals surface area contributed by atoms with E-state index in [4.69, 9.17) is 0 Å². The van der Waals surface area contributed by atoms with E-state index in [0.717, 1.165) is 19.2 Å². The van der Waals surface area contributed by atoms with Crippen LogP contribution in [0.4, 0.5) is 0 Å². The average Bonchev–Trinajstić information content (AvgIpc) is 1.91. The lowest BCUT2D eigenvalue weighted by molar-refractivity contribution is -0.113. The van der Waals surface area contributed by atoms with Gasteiger partial charge in [0.15, 0.2) is 0 Å². The first-order valence-corrected chi connectivity index (χ1v) is 3.31. The van der Waals surface area contributed by atoms with Crippen LogP contribution in [-0.2, 0) is 4.79 Å². The highest BCUT2D eigenvalue weighted by molar-refractivity contribution is 5.84. The Labute approximate surface area is 62.3 Å². The first kappa shape index (κ1) is 11.9. The molecule has 10 heavy (non-hydrogen) atoms. The van der Waals surface area contributed by atoms with Gasteiger partial charge in [-0.05, 0) is 19.2 Å². The van der Waals surface area contributed by atoms with Crippen molar-refractivity contribution in [3.8, 4) is 0 Å². The topological polar surface area (TPSA) is 55.1 Å². The molecule has 0 aliphatic carbocycles. The van der Waals surface area contributed by atoms with Gasteiger partial charge < -0.3 is 11.1 Å². The van der Waals surface area contributed by atoms with E-state index < -0.39 is 5.91 Å². The van der Waals surface area contributed by atoms with Crippen LogP contribution in [0.25, 0.3) is 0 Å². The third-order valence-electron chi connectivity index (χ3n) is 0.701. The summed E-state index contributed by atoms with van der Waals surface area (Å²) in [5.41, 5.74) is 4.53. The molecule has 3 N–H and O–H groups in total. The van der Waals surface area contributed by atoms with Crippen molar-refractivity contribution in [1.82, 2.24) is 5.32 Å². The van der Waals surface area contributed by atoms with Crippen molar-refractivity contribution < 1.29 is 4.79 Å². The molecular formula is C7H16N2O. The summed E-state index contributed by atoms with van der Waals surface area (Å²) in [5.74, 6) is -0.481. The van der Waals surface area contributed by atoms with E-state index in [1.54, 1.807) is 0 Å². The monoisotopic (exact) mass is 144 g/mol. The van der Waals surface area contributed by atoms with Crippen LogP contribution < -0.4 is 11.1 Å². The zero-order valence-corrected chi connectivity index (χ0v) is 6.68. The van der Waals surface area contributed by atoms with Gasteiger partial charge in [0.05, 0.1) is 0 Å². The number of rotatable bonds is 3. The van der Waals surface area contributed by atoms with Gasteiger partial charge >= 0.3 is 0 Å². The molecule has 1 amide bonds. The Morgan fingerprint density at radius 1 is 1.60 bits per heavy atom. The van der Waals surface area contributed by atoms with Crippen molar-refractivity contribution in [1.29, 1.82) is 0 Å². The molecule has 0 rings (SSSR count). The van der Waals surface area contributed by atoms with Crippen molar-refractivity contribution >= 4 is 5.91 Å². The lowest BCUT2D eigenvalue weighted by Gasteiger charge is -1.86. The maximum atomic E-state index is 9.47. The maximum absolute atomic E-state index is 9.47. The van der Waals surface area contributed by atoms with Crippen molar-refractivity contribution in [3.05, 3.63) is 12.7 Å². The van der Waals surface area contributed by atoms with Crippen LogP contribution in [0.3, 0.4) is 0 Å². The molecule has 0 aromatic carbocycles. The van der Waals surface area contributed by atoms with Crippen molar-refractivity contribution in [2.75, 3.05) is 13.1 Å². The quantitative estimate of drug-likeness (QED) is 0.559. The first-order chi connectivity index (χ1) is 4.68. The van der Waals surface area contributed by atoms with Crippen LogP contribution >= 0.6 is 0 Å². The fraction of sp³-hybridized carbons (Fsp3) is 0.571. The average molecular weight is 144 g/mol. The van der Waals surface area contributed by atoms with Gasteiger partial charge in [-0.2, -0.15) is 0 Å². The molecule has 3 nitrogen and oxygen atoms in total. The van der Waals surface area contributed by atoms with Crippen molar-refractivity contribution in [2.24, 2.45) is 5.73 Å². The minimum absolute atomic E-state index is 0.481. The summed E-state index contributed by atoms with van der Waals surface area (Å²) in [7, 11) is 0. The molecule has 0 heterocycles. The highest BCUT2D eigenvalue weighted by Crippen LogP contribution is 1.48. The predicted molar refractivity (Wildman–Crippen MR) is 43.6 cm³/mol. The zero-order chi connectivity index (χ0) is 8.41. The van der Waals surface area contributed by atoms with Gasteiger partial charge in [0.1, 0.15) is 0 Å². The lowest BCUT2D eigenvalue weighted by atomic mass is 10.6. The van der Waals surface area contributed by atoms with Crippen LogP contribution in [0.1, 0.15) is 13.8 Å². The maximum Gasteiger partial charge on any atom is 0.240 e. The summed E-state index contributed by atoms with van der Waals surface area (Å²) in [4.78, 5) is 9.47. The van der Waals surface area contributed by atoms with Gasteiger partial charge in [0.25, 0.3) is 0 Å². The molecule has 0 aliphatic heterocycles. The van der Waals surface area contributed by atoms with Crippen LogP contribution in [0.5, 0.6) is 0 Å². The number of hydrogen-bond acceptors (Lipinski definition) is 2. The normalized spacial score (nSPS) is 7.40. The summed E-state index contributed by atoms with van der Waals surface area (Å²) >= 11 is 0. The number of amides is 1. The Morgan fingerprint density at radius 3 is 1.90 bits per heavy atom. The van der Waals surface area contributed by atoms with E-state index in [0.29, 0.717) is 0 Å². The van der Waals surface area contributed by atoms with Crippen LogP contribution in [0.15, 0.2) is 12.7 Å². The van der Waals surface area contributed by atoms with Gasteiger partial charge in [0, 0.05) is 0 Å². The Hall–Kier alpha value is -0.830. The second-order valence-electron chi connectivity index (χ2n) is 1.56. The standard InChI is InChI=1S/C4H11N.C3H5NO/c1-3-5-4-2;1-2-3(4)5/h5H,3-4H2,1-2H3;2H,1H2,(H2,4,5). The lowest BCUT2D eigenvalue weighted by Crippen LogP contribution is -2.09. The molecular weight excluding hydrogens is 128 g/mol. The van der Waals surface area contributed by atoms with E-state index in [-0.39, 0.29) is 0 Å². The molecule has 0 spiro atoms. The predicted octanol–water partition coefficient (Wildman–Crippen LogP) is 0.274. The van der Waals surface area contributed by atoms with Crippen molar-refractivity contribution in [2.45, 2.75) is 13.8 Å². The van der Waals surface area contributed by atoms with E-state index in [1.807, 2.05) is 0 Å². The molecule has 0 radical (unpaired) electrons. The summed E-state index contributed by atoms with van der Waals surface area (Å²) in [6.45, 7) is 9.47. The Morgan fingerprint density at radius 2 is 1.90 bits per heavy atom. The molecule has 0 unspecified atom stereocenters. The molecule has 0 saturated heterocycles. The Kier molecular flexibility index (Phi) is 13.1. The second kappa shape index (κ2) is 11.0. The molecule has 0 aromatic rings. The van der Waals surface area contributed by atoms with Crippen molar-refractivity contribution in [3.63, 3.8) is 0 Å². The van der Waals surface area contributed by atoms with Gasteiger partial charge in [-0.25, -0.2) is 0 Å². The molecule has 60 valence electrons. The van der Waals surface area contributed by atoms with Crippen LogP contribution in [-0.4, -0.2) is 19.0 Å². The van der Waals surface area contributed by atoms with Gasteiger partial charge in [0.2, 0.25) is 5.91 Å². The number of nitrogens with one attached hydrogen (secondary N) is 1. The zero-order valence-electron chi connectivity index (χ0n) is 6.68. The minimum Gasteiger partial charge on any atom is -0.366 e. The second-order valence-corrected chi connectivity index (χ2v) is 1.56. The third-order valence-corrected chi connectivity index (χ3v) is 0.701. The summed E-state index contributed by atoms with van der Waals surface area (Å²) in [5, 5.41) is 3.11. The fourth-order valence-electron chi connectivity index (χ4n) is 0.250. The van der Waals surface area contributed by atoms with Crippen LogP contribution in [0.2, 0.25) is 0 Å². The summed E-state index contributed by atoms with van der Waals surface area (Å²) in [6, 6.07) is 0. The van der Waals surface area contributed by atoms with E-state index in [9.17, 15) is 4.79 Å². The highest BCUT2D eigenvalue weighted by Gasteiger charge is 1.69. The molecule has 0 aromatic heterocycles. The van der Waals surface area contributed by atoms with Gasteiger partial charge in [-0.3, -0.25) is 4.79 Å². The van der Waals surface area contributed by atoms with Crippen LogP contribution in [0, 0.1) is 0 Å². The number of nitrogens with two attached hydrogens (primary N) is 1. The number of carbonyl (C=O) groups is 1. The smallest absolute Gasteiger partial charge is 0.240 e. The molecule has 3 heteroatoms. The summed E-state index contributed by atoms with van der Waals surface area (Å²) in [6.07, 6.45) is 1.06. The number of carbonyl (C=O) groups excluding carboxylic acids is 1. The highest BCUT2D eigenvalue weighted by atomic mass is 16.1. The number of primary amides is 1. The van der Waals surface area contributed by atoms with E-state index >= 15 is 0 Å². The first-order valence-electron chi connectivity index (χ1n) is 3.31. The molecule has 0 saturated carbocycles. The molecule has 0 aliphatic rings. The van der Waals surface area contributed by atoms with Gasteiger partial charge in [-0.1, -0.05) is 20.4 Å². The van der Waals surface area contributed by atoms with E-state index in [2.05, 4.69) is 31.5 Å². The largest absolute Gasteiger partial charge is 0.366 e. The Bertz CT molecular complexity index is 89.6. The molecule has 0 fully saturated rings.